The Labute approximate surface area is 157 Å². The van der Waals surface area contributed by atoms with E-state index in [9.17, 15) is 5.11 Å². The van der Waals surface area contributed by atoms with Gasteiger partial charge in [0.05, 0.1) is 6.54 Å². The highest BCUT2D eigenvalue weighted by atomic mass is 16.5. The summed E-state index contributed by atoms with van der Waals surface area (Å²) in [6.07, 6.45) is 1.99. The third-order valence-corrected chi connectivity index (χ3v) is 5.24. The van der Waals surface area contributed by atoms with Crippen molar-refractivity contribution in [3.63, 3.8) is 0 Å². The molecule has 0 amide bonds. The minimum absolute atomic E-state index is 0.0659. The Morgan fingerprint density at radius 2 is 1.88 bits per heavy atom. The molecule has 0 aromatic heterocycles. The van der Waals surface area contributed by atoms with E-state index >= 15 is 0 Å². The van der Waals surface area contributed by atoms with E-state index in [1.54, 1.807) is 6.92 Å². The number of rotatable bonds is 7. The highest BCUT2D eigenvalue weighted by Crippen LogP contribution is 2.25. The van der Waals surface area contributed by atoms with Gasteiger partial charge in [0, 0.05) is 31.8 Å². The molecule has 0 radical (unpaired) electrons. The summed E-state index contributed by atoms with van der Waals surface area (Å²) in [5.74, 6) is 0.733. The predicted octanol–water partition coefficient (Wildman–Crippen LogP) is 1.56. The molecular weight excluding hydrogens is 328 g/mol. The fourth-order valence-corrected chi connectivity index (χ4v) is 3.24. The number of ether oxygens (including phenoxy) is 1. The molecule has 1 fully saturated rings. The lowest BCUT2D eigenvalue weighted by Gasteiger charge is -2.43. The molecule has 146 valence electrons. The summed E-state index contributed by atoms with van der Waals surface area (Å²) in [6.45, 7) is 7.29. The van der Waals surface area contributed by atoms with Gasteiger partial charge in [0.2, 0.25) is 0 Å². The molecule has 1 atom stereocenters. The average molecular weight is 363 g/mol. The van der Waals surface area contributed by atoms with Crippen LogP contribution in [-0.2, 0) is 10.3 Å². The van der Waals surface area contributed by atoms with Crippen LogP contribution in [0.5, 0.6) is 0 Å². The van der Waals surface area contributed by atoms with Gasteiger partial charge in [0.15, 0.2) is 5.96 Å². The van der Waals surface area contributed by atoms with Crippen LogP contribution in [0.25, 0.3) is 0 Å². The monoisotopic (exact) mass is 362 g/mol. The lowest BCUT2D eigenvalue weighted by atomic mass is 9.88. The molecule has 1 aliphatic heterocycles. The minimum Gasteiger partial charge on any atom is -0.384 e. The molecular formula is C20H34N4O2. The standard InChI is InChI=1S/C20H34N4O2/c1-5-21-18(22-15-19(2,25)17-9-7-6-8-10-17)23-16-20(24(3)4)11-13-26-14-12-20/h6-10,25H,5,11-16H2,1-4H3,(H2,21,22,23). The summed E-state index contributed by atoms with van der Waals surface area (Å²) < 4.78 is 5.54. The largest absolute Gasteiger partial charge is 0.384 e. The van der Waals surface area contributed by atoms with Crippen LogP contribution in [0.2, 0.25) is 0 Å². The predicted molar refractivity (Wildman–Crippen MR) is 106 cm³/mol. The van der Waals surface area contributed by atoms with Gasteiger partial charge < -0.3 is 25.4 Å². The number of benzene rings is 1. The maximum Gasteiger partial charge on any atom is 0.191 e. The summed E-state index contributed by atoms with van der Waals surface area (Å²) in [6, 6.07) is 9.67. The fraction of sp³-hybridized carbons (Fsp3) is 0.650. The van der Waals surface area contributed by atoms with Crippen molar-refractivity contribution in [2.75, 3.05) is 46.9 Å². The lowest BCUT2D eigenvalue weighted by Crippen LogP contribution is -2.57. The van der Waals surface area contributed by atoms with E-state index in [0.717, 1.165) is 50.7 Å². The summed E-state index contributed by atoms with van der Waals surface area (Å²) >= 11 is 0. The van der Waals surface area contributed by atoms with Crippen LogP contribution in [0.1, 0.15) is 32.3 Å². The molecule has 0 saturated carbocycles. The van der Waals surface area contributed by atoms with Crippen molar-refractivity contribution in [1.82, 2.24) is 15.5 Å². The molecule has 26 heavy (non-hydrogen) atoms. The molecule has 0 bridgehead atoms. The van der Waals surface area contributed by atoms with Gasteiger partial charge in [-0.1, -0.05) is 30.3 Å². The van der Waals surface area contributed by atoms with Crippen molar-refractivity contribution in [3.8, 4) is 0 Å². The molecule has 1 heterocycles. The van der Waals surface area contributed by atoms with E-state index in [0.29, 0.717) is 6.54 Å². The number of aliphatic imine (C=N–C) groups is 1. The van der Waals surface area contributed by atoms with Crippen molar-refractivity contribution in [1.29, 1.82) is 0 Å². The first kappa shape index (κ1) is 20.7. The van der Waals surface area contributed by atoms with E-state index in [2.05, 4.69) is 34.6 Å². The number of hydrogen-bond acceptors (Lipinski definition) is 4. The van der Waals surface area contributed by atoms with Crippen LogP contribution in [0.15, 0.2) is 35.3 Å². The molecule has 1 saturated heterocycles. The molecule has 2 rings (SSSR count). The second-order valence-corrected chi connectivity index (χ2v) is 7.42. The molecule has 0 spiro atoms. The highest BCUT2D eigenvalue weighted by molar-refractivity contribution is 5.79. The number of nitrogens with zero attached hydrogens (tertiary/aromatic N) is 2. The smallest absolute Gasteiger partial charge is 0.191 e. The first-order valence-corrected chi connectivity index (χ1v) is 9.45. The van der Waals surface area contributed by atoms with Gasteiger partial charge in [-0.3, -0.25) is 0 Å². The minimum atomic E-state index is -0.998. The van der Waals surface area contributed by atoms with Crippen LogP contribution in [-0.4, -0.2) is 68.4 Å². The summed E-state index contributed by atoms with van der Waals surface area (Å²) in [4.78, 5) is 6.91. The zero-order chi connectivity index (χ0) is 19.0. The summed E-state index contributed by atoms with van der Waals surface area (Å²) in [5.41, 5.74) is -0.0634. The van der Waals surface area contributed by atoms with Crippen molar-refractivity contribution >= 4 is 5.96 Å². The van der Waals surface area contributed by atoms with Crippen LogP contribution >= 0.6 is 0 Å². The maximum atomic E-state index is 10.8. The molecule has 1 aliphatic rings. The van der Waals surface area contributed by atoms with Crippen LogP contribution < -0.4 is 10.6 Å². The second-order valence-electron chi connectivity index (χ2n) is 7.42. The Morgan fingerprint density at radius 1 is 1.23 bits per heavy atom. The van der Waals surface area contributed by atoms with Gasteiger partial charge in [-0.05, 0) is 46.3 Å². The van der Waals surface area contributed by atoms with Gasteiger partial charge in [-0.2, -0.15) is 0 Å². The van der Waals surface area contributed by atoms with Crippen LogP contribution in [0.3, 0.4) is 0 Å². The molecule has 0 aliphatic carbocycles. The zero-order valence-electron chi connectivity index (χ0n) is 16.6. The third kappa shape index (κ3) is 5.43. The Balaban J connectivity index is 2.04. The number of aliphatic hydroxyl groups is 1. The number of nitrogens with one attached hydrogen (secondary N) is 2. The normalized spacial score (nSPS) is 19.8. The quantitative estimate of drug-likeness (QED) is 0.507. The molecule has 1 aromatic rings. The van der Waals surface area contributed by atoms with Gasteiger partial charge in [-0.25, -0.2) is 4.99 Å². The Kier molecular flexibility index (Phi) is 7.43. The Bertz CT molecular complexity index is 566. The summed E-state index contributed by atoms with van der Waals surface area (Å²) in [5, 5.41) is 17.5. The van der Waals surface area contributed by atoms with E-state index in [4.69, 9.17) is 4.74 Å². The lowest BCUT2D eigenvalue weighted by molar-refractivity contribution is -0.00503. The van der Waals surface area contributed by atoms with Crippen molar-refractivity contribution in [2.24, 2.45) is 4.99 Å². The molecule has 6 nitrogen and oxygen atoms in total. The number of guanidine groups is 1. The maximum absolute atomic E-state index is 10.8. The first-order valence-electron chi connectivity index (χ1n) is 9.45. The topological polar surface area (TPSA) is 69.1 Å². The zero-order valence-corrected chi connectivity index (χ0v) is 16.6. The molecule has 3 N–H and O–H groups in total. The van der Waals surface area contributed by atoms with Crippen molar-refractivity contribution < 1.29 is 9.84 Å². The first-order chi connectivity index (χ1) is 12.4. The number of likely N-dealkylation sites (N-methyl/N-ethyl adjacent to an activating group) is 1. The van der Waals surface area contributed by atoms with Gasteiger partial charge in [0.1, 0.15) is 5.60 Å². The average Bonchev–Trinajstić information content (AvgIpc) is 2.65. The van der Waals surface area contributed by atoms with E-state index in [1.165, 1.54) is 0 Å². The van der Waals surface area contributed by atoms with Crippen molar-refractivity contribution in [3.05, 3.63) is 35.9 Å². The number of hydrogen-bond donors (Lipinski definition) is 3. The van der Waals surface area contributed by atoms with Crippen LogP contribution in [0, 0.1) is 0 Å². The van der Waals surface area contributed by atoms with E-state index in [-0.39, 0.29) is 5.54 Å². The van der Waals surface area contributed by atoms with Gasteiger partial charge in [-0.15, -0.1) is 0 Å². The SMILES string of the molecule is CCNC(=NCC(C)(O)c1ccccc1)NCC1(N(C)C)CCOCC1. The molecule has 6 heteroatoms. The Hall–Kier alpha value is -1.63. The van der Waals surface area contributed by atoms with Gasteiger partial charge in [0.25, 0.3) is 0 Å². The fourth-order valence-electron chi connectivity index (χ4n) is 3.24. The van der Waals surface area contributed by atoms with Crippen molar-refractivity contribution in [2.45, 2.75) is 37.8 Å². The molecule has 1 aromatic carbocycles. The second kappa shape index (κ2) is 9.35. The van der Waals surface area contributed by atoms with E-state index in [1.807, 2.05) is 37.3 Å². The summed E-state index contributed by atoms with van der Waals surface area (Å²) in [7, 11) is 4.24. The highest BCUT2D eigenvalue weighted by Gasteiger charge is 2.35. The Morgan fingerprint density at radius 3 is 2.46 bits per heavy atom. The van der Waals surface area contributed by atoms with E-state index < -0.39 is 5.60 Å². The van der Waals surface area contributed by atoms with Gasteiger partial charge >= 0.3 is 0 Å². The third-order valence-electron chi connectivity index (χ3n) is 5.24. The molecule has 1 unspecified atom stereocenters. The van der Waals surface area contributed by atoms with Crippen LogP contribution in [0.4, 0.5) is 0 Å².